The third-order valence-electron chi connectivity index (χ3n) is 3.94. The molecule has 1 aliphatic heterocycles. The molecular formula is C18H16ClN5O3S. The number of amides is 1. The van der Waals surface area contributed by atoms with Crippen LogP contribution in [0.1, 0.15) is 11.4 Å². The van der Waals surface area contributed by atoms with Crippen LogP contribution in [0.15, 0.2) is 35.4 Å². The summed E-state index contributed by atoms with van der Waals surface area (Å²) in [5.41, 5.74) is 2.37. The second-order valence-corrected chi connectivity index (χ2v) is 7.49. The SMILES string of the molecule is Cc1cc(C)n(-c2ccc(SCC(=O)Nc3cc4c(cc3Cl)OCO4)nn2)n1. The summed E-state index contributed by atoms with van der Waals surface area (Å²) in [4.78, 5) is 12.2. The van der Waals surface area contributed by atoms with E-state index in [0.717, 1.165) is 11.4 Å². The lowest BCUT2D eigenvalue weighted by atomic mass is 10.2. The van der Waals surface area contributed by atoms with Gasteiger partial charge in [-0.2, -0.15) is 5.10 Å². The van der Waals surface area contributed by atoms with Gasteiger partial charge in [-0.05, 0) is 32.0 Å². The number of fused-ring (bicyclic) bond motifs is 1. The van der Waals surface area contributed by atoms with Gasteiger partial charge < -0.3 is 14.8 Å². The van der Waals surface area contributed by atoms with Crippen LogP contribution in [0.3, 0.4) is 0 Å². The first-order valence-corrected chi connectivity index (χ1v) is 9.75. The Kier molecular flexibility index (Phi) is 5.10. The van der Waals surface area contributed by atoms with Gasteiger partial charge in [0.05, 0.1) is 22.2 Å². The number of carbonyl (C=O) groups is 1. The third kappa shape index (κ3) is 3.90. The summed E-state index contributed by atoms with van der Waals surface area (Å²) in [6.45, 7) is 4.02. The zero-order chi connectivity index (χ0) is 19.7. The largest absolute Gasteiger partial charge is 0.454 e. The van der Waals surface area contributed by atoms with Gasteiger partial charge in [-0.15, -0.1) is 10.2 Å². The van der Waals surface area contributed by atoms with Gasteiger partial charge in [0.15, 0.2) is 17.3 Å². The Hall–Kier alpha value is -2.78. The number of nitrogens with zero attached hydrogens (tertiary/aromatic N) is 4. The van der Waals surface area contributed by atoms with Crippen molar-refractivity contribution in [3.63, 3.8) is 0 Å². The molecule has 0 saturated carbocycles. The molecule has 0 unspecified atom stereocenters. The standard InChI is InChI=1S/C18H16ClN5O3S/c1-10-5-11(2)24(23-10)16-3-4-18(22-21-16)28-8-17(25)20-13-7-15-14(6-12(13)19)26-9-27-15/h3-7H,8-9H2,1-2H3,(H,20,25). The molecule has 10 heteroatoms. The number of aryl methyl sites for hydroxylation is 2. The third-order valence-corrected chi connectivity index (χ3v) is 5.17. The fourth-order valence-corrected chi connectivity index (χ4v) is 3.52. The summed E-state index contributed by atoms with van der Waals surface area (Å²) < 4.78 is 12.3. The van der Waals surface area contributed by atoms with Crippen molar-refractivity contribution in [3.8, 4) is 17.3 Å². The van der Waals surface area contributed by atoms with Crippen molar-refractivity contribution < 1.29 is 14.3 Å². The Labute approximate surface area is 170 Å². The Morgan fingerprint density at radius 1 is 1.21 bits per heavy atom. The van der Waals surface area contributed by atoms with Crippen LogP contribution in [0.4, 0.5) is 5.69 Å². The fraction of sp³-hybridized carbons (Fsp3) is 0.222. The van der Waals surface area contributed by atoms with Gasteiger partial charge in [0.25, 0.3) is 0 Å². The lowest BCUT2D eigenvalue weighted by molar-refractivity contribution is -0.113. The molecule has 144 valence electrons. The van der Waals surface area contributed by atoms with E-state index >= 15 is 0 Å². The van der Waals surface area contributed by atoms with Crippen molar-refractivity contribution in [1.82, 2.24) is 20.0 Å². The minimum Gasteiger partial charge on any atom is -0.454 e. The van der Waals surface area contributed by atoms with Gasteiger partial charge in [0.1, 0.15) is 5.03 Å². The van der Waals surface area contributed by atoms with Crippen LogP contribution in [0.25, 0.3) is 5.82 Å². The molecule has 3 aromatic rings. The highest BCUT2D eigenvalue weighted by Gasteiger charge is 2.18. The molecule has 2 aromatic heterocycles. The van der Waals surface area contributed by atoms with E-state index in [9.17, 15) is 4.79 Å². The van der Waals surface area contributed by atoms with E-state index in [2.05, 4.69) is 20.6 Å². The van der Waals surface area contributed by atoms with Gasteiger partial charge >= 0.3 is 0 Å². The molecule has 0 aliphatic carbocycles. The van der Waals surface area contributed by atoms with E-state index in [1.165, 1.54) is 11.8 Å². The summed E-state index contributed by atoms with van der Waals surface area (Å²) >= 11 is 7.45. The Morgan fingerprint density at radius 3 is 2.68 bits per heavy atom. The molecular weight excluding hydrogens is 402 g/mol. The first-order valence-electron chi connectivity index (χ1n) is 8.39. The lowest BCUT2D eigenvalue weighted by Crippen LogP contribution is -2.14. The van der Waals surface area contributed by atoms with Crippen LogP contribution in [-0.2, 0) is 4.79 Å². The van der Waals surface area contributed by atoms with Crippen molar-refractivity contribution in [2.24, 2.45) is 0 Å². The average Bonchev–Trinajstić information content (AvgIpc) is 3.26. The predicted octanol–water partition coefficient (Wildman–Crippen LogP) is 3.39. The van der Waals surface area contributed by atoms with E-state index in [0.29, 0.717) is 33.1 Å². The van der Waals surface area contributed by atoms with Crippen LogP contribution in [0.5, 0.6) is 11.5 Å². The van der Waals surface area contributed by atoms with Crippen LogP contribution in [0, 0.1) is 13.8 Å². The van der Waals surface area contributed by atoms with Crippen molar-refractivity contribution in [2.45, 2.75) is 18.9 Å². The number of hydrogen-bond donors (Lipinski definition) is 1. The van der Waals surface area contributed by atoms with E-state index in [4.69, 9.17) is 21.1 Å². The van der Waals surface area contributed by atoms with Crippen LogP contribution in [-0.4, -0.2) is 38.4 Å². The molecule has 3 heterocycles. The molecule has 1 aromatic carbocycles. The average molecular weight is 418 g/mol. The monoisotopic (exact) mass is 417 g/mol. The normalized spacial score (nSPS) is 12.2. The number of carbonyl (C=O) groups excluding carboxylic acids is 1. The maximum absolute atomic E-state index is 12.2. The van der Waals surface area contributed by atoms with Crippen molar-refractivity contribution in [2.75, 3.05) is 17.9 Å². The fourth-order valence-electron chi connectivity index (χ4n) is 2.70. The van der Waals surface area contributed by atoms with Crippen LogP contribution >= 0.6 is 23.4 Å². The molecule has 4 rings (SSSR count). The van der Waals surface area contributed by atoms with E-state index in [-0.39, 0.29) is 18.5 Å². The van der Waals surface area contributed by atoms with E-state index in [1.807, 2.05) is 32.0 Å². The number of hydrogen-bond acceptors (Lipinski definition) is 7. The second-order valence-electron chi connectivity index (χ2n) is 6.09. The van der Waals surface area contributed by atoms with Crippen LogP contribution in [0.2, 0.25) is 5.02 Å². The Balaban J connectivity index is 1.37. The topological polar surface area (TPSA) is 91.2 Å². The molecule has 1 aliphatic rings. The number of nitrogens with one attached hydrogen (secondary N) is 1. The number of aromatic nitrogens is 4. The number of anilines is 1. The highest BCUT2D eigenvalue weighted by atomic mass is 35.5. The first kappa shape index (κ1) is 18.6. The molecule has 1 amide bonds. The number of ether oxygens (including phenoxy) is 2. The van der Waals surface area contributed by atoms with Crippen molar-refractivity contribution >= 4 is 35.0 Å². The molecule has 0 saturated heterocycles. The Morgan fingerprint density at radius 2 is 2.00 bits per heavy atom. The molecule has 0 bridgehead atoms. The molecule has 0 fully saturated rings. The number of halogens is 1. The summed E-state index contributed by atoms with van der Waals surface area (Å²) in [6, 6.07) is 8.87. The molecule has 0 atom stereocenters. The zero-order valence-electron chi connectivity index (χ0n) is 15.1. The van der Waals surface area contributed by atoms with Crippen LogP contribution < -0.4 is 14.8 Å². The van der Waals surface area contributed by atoms with Gasteiger partial charge in [-0.1, -0.05) is 23.4 Å². The molecule has 1 N–H and O–H groups in total. The summed E-state index contributed by atoms with van der Waals surface area (Å²) in [7, 11) is 0. The highest BCUT2D eigenvalue weighted by molar-refractivity contribution is 7.99. The molecule has 0 spiro atoms. The summed E-state index contributed by atoms with van der Waals surface area (Å²) in [6.07, 6.45) is 0. The van der Waals surface area contributed by atoms with E-state index in [1.54, 1.807) is 16.8 Å². The van der Waals surface area contributed by atoms with Gasteiger partial charge in [-0.3, -0.25) is 4.79 Å². The summed E-state index contributed by atoms with van der Waals surface area (Å²) in [5.74, 6) is 1.70. The van der Waals surface area contributed by atoms with Crippen molar-refractivity contribution in [1.29, 1.82) is 0 Å². The lowest BCUT2D eigenvalue weighted by Gasteiger charge is -2.08. The van der Waals surface area contributed by atoms with Crippen molar-refractivity contribution in [3.05, 3.63) is 46.7 Å². The predicted molar refractivity (Wildman–Crippen MR) is 106 cm³/mol. The number of thioether (sulfide) groups is 1. The number of benzene rings is 1. The number of rotatable bonds is 5. The van der Waals surface area contributed by atoms with E-state index < -0.39 is 0 Å². The van der Waals surface area contributed by atoms with Gasteiger partial charge in [0, 0.05) is 17.8 Å². The zero-order valence-corrected chi connectivity index (χ0v) is 16.7. The van der Waals surface area contributed by atoms with Gasteiger partial charge in [0.2, 0.25) is 12.7 Å². The molecule has 28 heavy (non-hydrogen) atoms. The molecule has 8 nitrogen and oxygen atoms in total. The smallest absolute Gasteiger partial charge is 0.234 e. The maximum Gasteiger partial charge on any atom is 0.234 e. The first-order chi connectivity index (χ1) is 13.5. The highest BCUT2D eigenvalue weighted by Crippen LogP contribution is 2.39. The summed E-state index contributed by atoms with van der Waals surface area (Å²) in [5, 5.41) is 16.5. The minimum atomic E-state index is -0.213. The minimum absolute atomic E-state index is 0.144. The Bertz CT molecular complexity index is 1040. The maximum atomic E-state index is 12.2. The molecule has 0 radical (unpaired) electrons. The van der Waals surface area contributed by atoms with Gasteiger partial charge in [-0.25, -0.2) is 4.68 Å². The second kappa shape index (κ2) is 7.69. The quantitative estimate of drug-likeness (QED) is 0.636.